The highest BCUT2D eigenvalue weighted by molar-refractivity contribution is 7.15. The van der Waals surface area contributed by atoms with Crippen molar-refractivity contribution in [1.29, 1.82) is 0 Å². The molecule has 1 heterocycles. The zero-order valence-electron chi connectivity index (χ0n) is 12.6. The number of hydrogen-bond donors (Lipinski definition) is 2. The maximum absolute atomic E-state index is 9.31. The first-order chi connectivity index (χ1) is 9.97. The predicted molar refractivity (Wildman–Crippen MR) is 90.0 cm³/mol. The van der Waals surface area contributed by atoms with Gasteiger partial charge in [-0.2, -0.15) is 0 Å². The van der Waals surface area contributed by atoms with Crippen molar-refractivity contribution in [2.75, 3.05) is 6.54 Å². The van der Waals surface area contributed by atoms with E-state index in [0.717, 1.165) is 34.3 Å². The van der Waals surface area contributed by atoms with E-state index >= 15 is 0 Å². The lowest BCUT2D eigenvalue weighted by Crippen LogP contribution is -2.22. The quantitative estimate of drug-likeness (QED) is 0.837. The summed E-state index contributed by atoms with van der Waals surface area (Å²) in [6.07, 6.45) is 0.489. The second-order valence-corrected chi connectivity index (χ2v) is 6.76. The maximum atomic E-state index is 9.31. The van der Waals surface area contributed by atoms with E-state index in [1.807, 2.05) is 38.1 Å². The third kappa shape index (κ3) is 4.51. The largest absolute Gasteiger partial charge is 0.393 e. The number of halogens is 1. The average molecular weight is 325 g/mol. The number of aliphatic hydroxyl groups excluding tert-OH is 1. The van der Waals surface area contributed by atoms with Crippen LogP contribution in [0, 0.1) is 6.92 Å². The molecule has 3 nitrogen and oxygen atoms in total. The van der Waals surface area contributed by atoms with Gasteiger partial charge in [0, 0.05) is 21.5 Å². The summed E-state index contributed by atoms with van der Waals surface area (Å²) >= 11 is 7.63. The molecule has 2 rings (SSSR count). The van der Waals surface area contributed by atoms with Crippen LogP contribution in [0.1, 0.15) is 36.9 Å². The van der Waals surface area contributed by atoms with Crippen molar-refractivity contribution in [1.82, 2.24) is 10.3 Å². The second-order valence-electron chi connectivity index (χ2n) is 5.29. The molecule has 0 aliphatic heterocycles. The summed E-state index contributed by atoms with van der Waals surface area (Å²) in [4.78, 5) is 5.90. The number of thiazole rings is 1. The van der Waals surface area contributed by atoms with Gasteiger partial charge in [-0.25, -0.2) is 4.98 Å². The molecule has 0 bridgehead atoms. The van der Waals surface area contributed by atoms with Crippen molar-refractivity contribution in [3.63, 3.8) is 0 Å². The Morgan fingerprint density at radius 2 is 1.95 bits per heavy atom. The highest BCUT2D eigenvalue weighted by atomic mass is 35.5. The number of rotatable bonds is 6. The van der Waals surface area contributed by atoms with Gasteiger partial charge < -0.3 is 10.4 Å². The van der Waals surface area contributed by atoms with Crippen LogP contribution in [-0.2, 0) is 0 Å². The van der Waals surface area contributed by atoms with E-state index in [4.69, 9.17) is 11.6 Å². The molecule has 2 atom stereocenters. The van der Waals surface area contributed by atoms with Crippen LogP contribution in [0.25, 0.3) is 10.6 Å². The van der Waals surface area contributed by atoms with Gasteiger partial charge in [-0.05, 0) is 45.9 Å². The van der Waals surface area contributed by atoms with E-state index in [9.17, 15) is 5.11 Å². The predicted octanol–water partition coefficient (Wildman–Crippen LogP) is 4.19. The van der Waals surface area contributed by atoms with E-state index < -0.39 is 0 Å². The Balaban J connectivity index is 2.09. The maximum Gasteiger partial charge on any atom is 0.123 e. The molecule has 0 saturated heterocycles. The molecule has 2 N–H and O–H groups in total. The SMILES string of the molecule is Cc1nc(-c2ccc(Cl)cc2)sc1C(C)NCCC(C)O. The molecule has 0 aliphatic rings. The fourth-order valence-corrected chi connectivity index (χ4v) is 3.35. The molecule has 1 aromatic carbocycles. The highest BCUT2D eigenvalue weighted by Gasteiger charge is 2.15. The van der Waals surface area contributed by atoms with Gasteiger partial charge in [0.1, 0.15) is 5.01 Å². The first kappa shape index (κ1) is 16.4. The summed E-state index contributed by atoms with van der Waals surface area (Å²) in [5.74, 6) is 0. The molecular formula is C16H21ClN2OS. The summed E-state index contributed by atoms with van der Waals surface area (Å²) in [6, 6.07) is 8.00. The van der Waals surface area contributed by atoms with Crippen LogP contribution in [0.2, 0.25) is 5.02 Å². The van der Waals surface area contributed by atoms with Crippen molar-refractivity contribution in [2.45, 2.75) is 39.3 Å². The van der Waals surface area contributed by atoms with E-state index in [0.29, 0.717) is 0 Å². The second kappa shape index (κ2) is 7.36. The minimum Gasteiger partial charge on any atom is -0.393 e. The lowest BCUT2D eigenvalue weighted by molar-refractivity contribution is 0.182. The Labute approximate surface area is 135 Å². The van der Waals surface area contributed by atoms with Crippen LogP contribution in [0.15, 0.2) is 24.3 Å². The van der Waals surface area contributed by atoms with Crippen LogP contribution in [0.4, 0.5) is 0 Å². The summed E-state index contributed by atoms with van der Waals surface area (Å²) in [7, 11) is 0. The topological polar surface area (TPSA) is 45.2 Å². The summed E-state index contributed by atoms with van der Waals surface area (Å²) in [6.45, 7) is 6.78. The summed E-state index contributed by atoms with van der Waals surface area (Å²) in [5.41, 5.74) is 2.15. The van der Waals surface area contributed by atoms with E-state index in [1.54, 1.807) is 11.3 Å². The molecule has 0 aliphatic carbocycles. The van der Waals surface area contributed by atoms with Crippen LogP contribution >= 0.6 is 22.9 Å². The number of aromatic nitrogens is 1. The standard InChI is InChI=1S/C16H21ClN2OS/c1-10(20)8-9-18-11(2)15-12(3)19-16(21-15)13-4-6-14(17)7-5-13/h4-7,10-11,18,20H,8-9H2,1-3H3. The van der Waals surface area contributed by atoms with Crippen LogP contribution in [-0.4, -0.2) is 22.7 Å². The normalized spacial score (nSPS) is 14.1. The third-order valence-electron chi connectivity index (χ3n) is 3.33. The average Bonchev–Trinajstić information content (AvgIpc) is 2.81. The van der Waals surface area contributed by atoms with Gasteiger partial charge in [-0.1, -0.05) is 23.7 Å². The minimum atomic E-state index is -0.267. The fraction of sp³-hybridized carbons (Fsp3) is 0.438. The molecule has 0 fully saturated rings. The van der Waals surface area contributed by atoms with Crippen molar-refractivity contribution >= 4 is 22.9 Å². The minimum absolute atomic E-state index is 0.238. The van der Waals surface area contributed by atoms with Crippen LogP contribution < -0.4 is 5.32 Å². The Morgan fingerprint density at radius 3 is 2.57 bits per heavy atom. The smallest absolute Gasteiger partial charge is 0.123 e. The van der Waals surface area contributed by atoms with E-state index in [1.165, 1.54) is 4.88 Å². The van der Waals surface area contributed by atoms with Crippen LogP contribution in [0.3, 0.4) is 0 Å². The molecule has 1 aromatic heterocycles. The molecule has 0 radical (unpaired) electrons. The summed E-state index contributed by atoms with van der Waals surface area (Å²) in [5, 5.41) is 14.5. The van der Waals surface area contributed by atoms with Gasteiger partial charge in [0.2, 0.25) is 0 Å². The van der Waals surface area contributed by atoms with E-state index in [2.05, 4.69) is 17.2 Å². The van der Waals surface area contributed by atoms with Gasteiger partial charge in [-0.3, -0.25) is 0 Å². The Morgan fingerprint density at radius 1 is 1.29 bits per heavy atom. The first-order valence-corrected chi connectivity index (χ1v) is 8.31. The number of aliphatic hydroxyl groups is 1. The van der Waals surface area contributed by atoms with E-state index in [-0.39, 0.29) is 12.1 Å². The Kier molecular flexibility index (Phi) is 5.76. The van der Waals surface area contributed by atoms with Gasteiger partial charge in [-0.15, -0.1) is 11.3 Å². The Hall–Kier alpha value is -0.940. The fourth-order valence-electron chi connectivity index (χ4n) is 2.13. The van der Waals surface area contributed by atoms with Crippen LogP contribution in [0.5, 0.6) is 0 Å². The molecule has 0 saturated carbocycles. The number of nitrogens with one attached hydrogen (secondary N) is 1. The molecule has 5 heteroatoms. The highest BCUT2D eigenvalue weighted by Crippen LogP contribution is 2.32. The molecule has 2 aromatic rings. The molecule has 0 amide bonds. The van der Waals surface area contributed by atoms with Gasteiger partial charge >= 0.3 is 0 Å². The monoisotopic (exact) mass is 324 g/mol. The Bertz CT molecular complexity index is 580. The third-order valence-corrected chi connectivity index (χ3v) is 4.97. The molecular weight excluding hydrogens is 304 g/mol. The van der Waals surface area contributed by atoms with Gasteiger partial charge in [0.25, 0.3) is 0 Å². The summed E-state index contributed by atoms with van der Waals surface area (Å²) < 4.78 is 0. The van der Waals surface area contributed by atoms with Gasteiger partial charge in [0.15, 0.2) is 0 Å². The lowest BCUT2D eigenvalue weighted by atomic mass is 10.2. The zero-order valence-corrected chi connectivity index (χ0v) is 14.1. The van der Waals surface area contributed by atoms with Crippen molar-refractivity contribution in [2.24, 2.45) is 0 Å². The van der Waals surface area contributed by atoms with Gasteiger partial charge in [0.05, 0.1) is 11.8 Å². The number of nitrogens with zero attached hydrogens (tertiary/aromatic N) is 1. The lowest BCUT2D eigenvalue weighted by Gasteiger charge is -2.13. The number of benzene rings is 1. The zero-order chi connectivity index (χ0) is 15.4. The molecule has 0 spiro atoms. The first-order valence-electron chi connectivity index (χ1n) is 7.12. The molecule has 2 unspecified atom stereocenters. The van der Waals surface area contributed by atoms with Crippen molar-refractivity contribution in [3.8, 4) is 10.6 Å². The molecule has 114 valence electrons. The van der Waals surface area contributed by atoms with Crippen molar-refractivity contribution in [3.05, 3.63) is 39.9 Å². The molecule has 21 heavy (non-hydrogen) atoms. The van der Waals surface area contributed by atoms with Crippen molar-refractivity contribution < 1.29 is 5.11 Å². The number of hydrogen-bond acceptors (Lipinski definition) is 4. The number of aryl methyl sites for hydroxylation is 1.